The number of nitrogens with two attached hydrogens (primary N) is 1. The molecule has 4 atom stereocenters. The fourth-order valence-electron chi connectivity index (χ4n) is 3.87. The van der Waals surface area contributed by atoms with Crippen LogP contribution in [0.4, 0.5) is 0 Å². The van der Waals surface area contributed by atoms with Crippen molar-refractivity contribution in [2.75, 3.05) is 0 Å². The standard InChI is InChI=1S/C11H20N2/c12-10-5-4-9-8-3-1-2-6-11(10,7-8)13-9/h8-10,13H,1-7,12H2. The normalized spacial score (nSPS) is 54.7. The third kappa shape index (κ3) is 1.08. The zero-order chi connectivity index (χ0) is 8.89. The Morgan fingerprint density at radius 2 is 2.08 bits per heavy atom. The molecule has 3 fully saturated rings. The molecule has 2 saturated heterocycles. The Morgan fingerprint density at radius 3 is 3.00 bits per heavy atom. The Bertz CT molecular complexity index is 214. The molecular formula is C11H20N2. The third-order valence-corrected chi connectivity index (χ3v) is 4.61. The van der Waals surface area contributed by atoms with Crippen molar-refractivity contribution in [2.24, 2.45) is 11.7 Å². The summed E-state index contributed by atoms with van der Waals surface area (Å²) in [5, 5.41) is 3.83. The molecule has 1 spiro atoms. The van der Waals surface area contributed by atoms with Crippen LogP contribution < -0.4 is 11.1 Å². The van der Waals surface area contributed by atoms with Gasteiger partial charge in [0.1, 0.15) is 0 Å². The predicted molar refractivity (Wildman–Crippen MR) is 53.4 cm³/mol. The van der Waals surface area contributed by atoms with Crippen LogP contribution in [-0.4, -0.2) is 17.6 Å². The van der Waals surface area contributed by atoms with E-state index in [9.17, 15) is 0 Å². The molecule has 3 bridgehead atoms. The summed E-state index contributed by atoms with van der Waals surface area (Å²) in [6, 6.07) is 1.26. The lowest BCUT2D eigenvalue weighted by Crippen LogP contribution is -2.59. The molecule has 1 saturated carbocycles. The Balaban J connectivity index is 1.93. The summed E-state index contributed by atoms with van der Waals surface area (Å²) < 4.78 is 0. The average molecular weight is 180 g/mol. The van der Waals surface area contributed by atoms with Crippen LogP contribution in [0.2, 0.25) is 0 Å². The minimum Gasteiger partial charge on any atom is -0.326 e. The molecule has 0 aromatic carbocycles. The van der Waals surface area contributed by atoms with Gasteiger partial charge in [0.05, 0.1) is 0 Å². The van der Waals surface area contributed by atoms with Crippen molar-refractivity contribution in [3.63, 3.8) is 0 Å². The van der Waals surface area contributed by atoms with Gasteiger partial charge < -0.3 is 11.1 Å². The molecule has 3 rings (SSSR count). The SMILES string of the molecule is NC1CCC2NC13CCCCC2C3. The van der Waals surface area contributed by atoms with Gasteiger partial charge in [-0.1, -0.05) is 12.8 Å². The van der Waals surface area contributed by atoms with Crippen LogP contribution in [0.3, 0.4) is 0 Å². The minimum atomic E-state index is 0.365. The van der Waals surface area contributed by atoms with E-state index >= 15 is 0 Å². The van der Waals surface area contributed by atoms with Crippen LogP contribution >= 0.6 is 0 Å². The van der Waals surface area contributed by atoms with E-state index in [1.807, 2.05) is 0 Å². The van der Waals surface area contributed by atoms with Gasteiger partial charge in [0, 0.05) is 17.6 Å². The topological polar surface area (TPSA) is 38.0 Å². The summed E-state index contributed by atoms with van der Waals surface area (Å²) in [6.45, 7) is 0. The van der Waals surface area contributed by atoms with Crippen LogP contribution in [0.25, 0.3) is 0 Å². The first-order valence-corrected chi connectivity index (χ1v) is 5.83. The lowest BCUT2D eigenvalue weighted by Gasteiger charge is -2.40. The first-order valence-electron chi connectivity index (χ1n) is 5.83. The van der Waals surface area contributed by atoms with E-state index in [1.54, 1.807) is 0 Å². The van der Waals surface area contributed by atoms with Gasteiger partial charge in [0.25, 0.3) is 0 Å². The largest absolute Gasteiger partial charge is 0.326 e. The monoisotopic (exact) mass is 180 g/mol. The van der Waals surface area contributed by atoms with Gasteiger partial charge >= 0.3 is 0 Å². The Labute approximate surface area is 80.3 Å². The molecule has 2 heteroatoms. The number of hydrogen-bond donors (Lipinski definition) is 2. The Kier molecular flexibility index (Phi) is 1.72. The maximum Gasteiger partial charge on any atom is 0.0338 e. The molecule has 3 aliphatic rings. The van der Waals surface area contributed by atoms with Crippen molar-refractivity contribution in [1.29, 1.82) is 0 Å². The van der Waals surface area contributed by atoms with E-state index in [0.717, 1.165) is 12.0 Å². The summed E-state index contributed by atoms with van der Waals surface area (Å²) in [5.41, 5.74) is 6.63. The lowest BCUT2D eigenvalue weighted by molar-refractivity contribution is 0.210. The summed E-state index contributed by atoms with van der Waals surface area (Å²) in [6.07, 6.45) is 9.58. The highest BCUT2D eigenvalue weighted by atomic mass is 15.1. The molecule has 0 aromatic rings. The maximum absolute atomic E-state index is 6.26. The van der Waals surface area contributed by atoms with E-state index in [0.29, 0.717) is 11.6 Å². The summed E-state index contributed by atoms with van der Waals surface area (Å²) in [4.78, 5) is 0. The zero-order valence-corrected chi connectivity index (χ0v) is 8.26. The fourth-order valence-corrected chi connectivity index (χ4v) is 3.87. The van der Waals surface area contributed by atoms with Crippen molar-refractivity contribution < 1.29 is 0 Å². The Morgan fingerprint density at radius 1 is 1.15 bits per heavy atom. The molecule has 0 radical (unpaired) electrons. The number of hydrogen-bond acceptors (Lipinski definition) is 2. The van der Waals surface area contributed by atoms with Gasteiger partial charge in [0.2, 0.25) is 0 Å². The highest BCUT2D eigenvalue weighted by Gasteiger charge is 2.51. The van der Waals surface area contributed by atoms with Crippen LogP contribution in [-0.2, 0) is 0 Å². The van der Waals surface area contributed by atoms with Gasteiger partial charge in [-0.2, -0.15) is 0 Å². The van der Waals surface area contributed by atoms with Gasteiger partial charge in [-0.05, 0) is 38.0 Å². The second-order valence-electron chi connectivity index (χ2n) is 5.30. The third-order valence-electron chi connectivity index (χ3n) is 4.61. The zero-order valence-electron chi connectivity index (χ0n) is 8.26. The van der Waals surface area contributed by atoms with Crippen LogP contribution in [0.1, 0.15) is 44.9 Å². The number of rotatable bonds is 0. The van der Waals surface area contributed by atoms with Crippen LogP contribution in [0.15, 0.2) is 0 Å². The molecule has 2 heterocycles. The van der Waals surface area contributed by atoms with Crippen molar-refractivity contribution in [2.45, 2.75) is 62.6 Å². The maximum atomic E-state index is 6.26. The van der Waals surface area contributed by atoms with E-state index in [-0.39, 0.29) is 0 Å². The fraction of sp³-hybridized carbons (Fsp3) is 1.00. The smallest absolute Gasteiger partial charge is 0.0338 e. The summed E-state index contributed by atoms with van der Waals surface area (Å²) in [5.74, 6) is 0.955. The summed E-state index contributed by atoms with van der Waals surface area (Å²) >= 11 is 0. The molecule has 0 aromatic heterocycles. The van der Waals surface area contributed by atoms with Gasteiger partial charge in [-0.25, -0.2) is 0 Å². The van der Waals surface area contributed by atoms with E-state index in [2.05, 4.69) is 5.32 Å². The lowest BCUT2D eigenvalue weighted by atomic mass is 9.82. The molecule has 2 nitrogen and oxygen atoms in total. The number of piperidine rings is 1. The van der Waals surface area contributed by atoms with Gasteiger partial charge in [-0.15, -0.1) is 0 Å². The highest BCUT2D eigenvalue weighted by molar-refractivity contribution is 5.12. The predicted octanol–water partition coefficient (Wildman–Crippen LogP) is 1.40. The Hall–Kier alpha value is -0.0800. The molecule has 1 aliphatic carbocycles. The average Bonchev–Trinajstić information content (AvgIpc) is 2.27. The second kappa shape index (κ2) is 2.71. The molecule has 0 amide bonds. The summed E-state index contributed by atoms with van der Waals surface area (Å²) in [7, 11) is 0. The van der Waals surface area contributed by atoms with Crippen LogP contribution in [0, 0.1) is 5.92 Å². The highest BCUT2D eigenvalue weighted by Crippen LogP contribution is 2.45. The van der Waals surface area contributed by atoms with Gasteiger partial charge in [-0.3, -0.25) is 0 Å². The molecule has 2 aliphatic heterocycles. The van der Waals surface area contributed by atoms with Crippen molar-refractivity contribution in [3.8, 4) is 0 Å². The van der Waals surface area contributed by atoms with E-state index < -0.39 is 0 Å². The van der Waals surface area contributed by atoms with E-state index in [4.69, 9.17) is 5.73 Å². The number of fused-ring (bicyclic) bond motifs is 3. The van der Waals surface area contributed by atoms with Crippen molar-refractivity contribution >= 4 is 0 Å². The van der Waals surface area contributed by atoms with Gasteiger partial charge in [0.15, 0.2) is 0 Å². The van der Waals surface area contributed by atoms with Crippen molar-refractivity contribution in [1.82, 2.24) is 5.32 Å². The number of nitrogens with one attached hydrogen (secondary N) is 1. The first kappa shape index (κ1) is 8.25. The van der Waals surface area contributed by atoms with Crippen LogP contribution in [0.5, 0.6) is 0 Å². The van der Waals surface area contributed by atoms with Crippen molar-refractivity contribution in [3.05, 3.63) is 0 Å². The molecule has 13 heavy (non-hydrogen) atoms. The second-order valence-corrected chi connectivity index (χ2v) is 5.30. The quantitative estimate of drug-likeness (QED) is 0.591. The first-order chi connectivity index (χ1) is 6.30. The van der Waals surface area contributed by atoms with E-state index in [1.165, 1.54) is 44.9 Å². The molecule has 3 N–H and O–H groups in total. The molecule has 74 valence electrons. The minimum absolute atomic E-state index is 0.365. The molecule has 4 unspecified atom stereocenters. The molecular weight excluding hydrogens is 160 g/mol.